The summed E-state index contributed by atoms with van der Waals surface area (Å²) in [4.78, 5) is 36.9. The molecular weight excluding hydrogens is 260 g/mol. The Morgan fingerprint density at radius 2 is 2.00 bits per heavy atom. The number of nitrogen functional groups attached to an aromatic ring is 1. The van der Waals surface area contributed by atoms with Gasteiger partial charge in [0.25, 0.3) is 0 Å². The van der Waals surface area contributed by atoms with E-state index in [9.17, 15) is 14.4 Å². The molecule has 20 heavy (non-hydrogen) atoms. The Labute approximate surface area is 115 Å². The van der Waals surface area contributed by atoms with Gasteiger partial charge in [0.05, 0.1) is 31.1 Å². The number of fused-ring (bicyclic) bond motifs is 1. The molecule has 0 aromatic heterocycles. The number of benzene rings is 1. The van der Waals surface area contributed by atoms with Gasteiger partial charge in [-0.1, -0.05) is 12.1 Å². The summed E-state index contributed by atoms with van der Waals surface area (Å²) < 4.78 is 4.70. The number of ether oxygens (including phenoxy) is 1. The van der Waals surface area contributed by atoms with Gasteiger partial charge in [0, 0.05) is 5.69 Å². The summed E-state index contributed by atoms with van der Waals surface area (Å²) in [6.07, 6.45) is 0.662. The van der Waals surface area contributed by atoms with E-state index in [1.807, 2.05) is 0 Å². The number of hydrogen-bond donors (Lipinski definition) is 1. The van der Waals surface area contributed by atoms with Crippen molar-refractivity contribution in [2.45, 2.75) is 13.0 Å². The number of methoxy groups -OCH3 is 1. The smallest absolute Gasteiger partial charge is 0.340 e. The maximum absolute atomic E-state index is 12.0. The van der Waals surface area contributed by atoms with Crippen molar-refractivity contribution in [3.05, 3.63) is 29.3 Å². The summed E-state index contributed by atoms with van der Waals surface area (Å²) in [5, 5.41) is 0. The van der Waals surface area contributed by atoms with E-state index in [0.29, 0.717) is 12.0 Å². The fraction of sp³-hybridized carbons (Fsp3) is 0.357. The normalized spacial score (nSPS) is 23.8. The lowest BCUT2D eigenvalue weighted by Gasteiger charge is -2.18. The van der Waals surface area contributed by atoms with Crippen molar-refractivity contribution in [3.63, 3.8) is 0 Å². The second-order valence-corrected chi connectivity index (χ2v) is 5.08. The van der Waals surface area contributed by atoms with E-state index >= 15 is 0 Å². The SMILES string of the molecule is COC(=O)c1c(N)cccc1CN1C(=O)C2CC2C1=O. The molecule has 1 aliphatic heterocycles. The Morgan fingerprint density at radius 1 is 1.35 bits per heavy atom. The highest BCUT2D eigenvalue weighted by Crippen LogP contribution is 2.47. The number of nitrogens with two attached hydrogens (primary N) is 1. The monoisotopic (exact) mass is 274 g/mol. The van der Waals surface area contributed by atoms with Gasteiger partial charge in [-0.25, -0.2) is 4.79 Å². The van der Waals surface area contributed by atoms with Crippen molar-refractivity contribution in [2.24, 2.45) is 11.8 Å². The quantitative estimate of drug-likeness (QED) is 0.494. The number of carbonyl (C=O) groups excluding carboxylic acids is 3. The number of nitrogens with zero attached hydrogens (tertiary/aromatic N) is 1. The average molecular weight is 274 g/mol. The van der Waals surface area contributed by atoms with Crippen molar-refractivity contribution < 1.29 is 19.1 Å². The van der Waals surface area contributed by atoms with Gasteiger partial charge in [0.15, 0.2) is 0 Å². The van der Waals surface area contributed by atoms with Gasteiger partial charge in [-0.3, -0.25) is 14.5 Å². The molecule has 2 aliphatic rings. The second kappa shape index (κ2) is 4.33. The summed E-state index contributed by atoms with van der Waals surface area (Å²) in [6.45, 7) is 0.0696. The van der Waals surface area contributed by atoms with Crippen molar-refractivity contribution in [3.8, 4) is 0 Å². The van der Waals surface area contributed by atoms with Crippen molar-refractivity contribution in [1.82, 2.24) is 4.90 Å². The van der Waals surface area contributed by atoms with Crippen LogP contribution in [0.15, 0.2) is 18.2 Å². The van der Waals surface area contributed by atoms with E-state index in [0.717, 1.165) is 0 Å². The summed E-state index contributed by atoms with van der Waals surface area (Å²) >= 11 is 0. The summed E-state index contributed by atoms with van der Waals surface area (Å²) in [7, 11) is 1.26. The highest BCUT2D eigenvalue weighted by molar-refractivity contribution is 6.09. The first-order valence-electron chi connectivity index (χ1n) is 6.35. The van der Waals surface area contributed by atoms with Crippen LogP contribution in [-0.4, -0.2) is 29.8 Å². The lowest BCUT2D eigenvalue weighted by atomic mass is 10.0. The third-order valence-corrected chi connectivity index (χ3v) is 3.86. The van der Waals surface area contributed by atoms with Crippen LogP contribution in [0.2, 0.25) is 0 Å². The van der Waals surface area contributed by atoms with Gasteiger partial charge in [-0.05, 0) is 18.1 Å². The zero-order valence-corrected chi connectivity index (χ0v) is 11.0. The molecule has 104 valence electrons. The van der Waals surface area contributed by atoms with Crippen LogP contribution in [0.4, 0.5) is 5.69 Å². The predicted octanol–water partition coefficient (Wildman–Crippen LogP) is 0.560. The minimum atomic E-state index is -0.567. The van der Waals surface area contributed by atoms with Gasteiger partial charge < -0.3 is 10.5 Å². The molecule has 2 atom stereocenters. The zero-order valence-electron chi connectivity index (χ0n) is 11.0. The summed E-state index contributed by atoms with van der Waals surface area (Å²) in [6, 6.07) is 4.94. The molecule has 2 N–H and O–H groups in total. The number of anilines is 1. The van der Waals surface area contributed by atoms with E-state index in [-0.39, 0.29) is 41.4 Å². The van der Waals surface area contributed by atoms with E-state index in [1.54, 1.807) is 18.2 Å². The van der Waals surface area contributed by atoms with Crippen molar-refractivity contribution in [1.29, 1.82) is 0 Å². The molecule has 0 radical (unpaired) electrons. The fourth-order valence-corrected chi connectivity index (χ4v) is 2.68. The van der Waals surface area contributed by atoms with Crippen molar-refractivity contribution in [2.75, 3.05) is 12.8 Å². The molecule has 1 saturated carbocycles. The lowest BCUT2D eigenvalue weighted by Crippen LogP contribution is -2.33. The summed E-state index contributed by atoms with van der Waals surface area (Å²) in [5.41, 5.74) is 6.81. The minimum absolute atomic E-state index is 0.0696. The Morgan fingerprint density at radius 3 is 2.60 bits per heavy atom. The zero-order chi connectivity index (χ0) is 14.4. The van der Waals surface area contributed by atoms with Gasteiger partial charge in [-0.2, -0.15) is 0 Å². The van der Waals surface area contributed by atoms with Gasteiger partial charge >= 0.3 is 5.97 Å². The molecule has 1 aromatic carbocycles. The number of piperidine rings is 1. The predicted molar refractivity (Wildman–Crippen MR) is 69.3 cm³/mol. The van der Waals surface area contributed by atoms with E-state index in [4.69, 9.17) is 10.5 Å². The van der Waals surface area contributed by atoms with E-state index in [2.05, 4.69) is 0 Å². The van der Waals surface area contributed by atoms with Crippen LogP contribution < -0.4 is 5.73 Å². The Kier molecular flexibility index (Phi) is 2.74. The maximum atomic E-state index is 12.0. The number of rotatable bonds is 3. The molecule has 1 heterocycles. The minimum Gasteiger partial charge on any atom is -0.465 e. The molecule has 6 heteroatoms. The molecule has 2 unspecified atom stereocenters. The first kappa shape index (κ1) is 12.7. The number of esters is 1. The van der Waals surface area contributed by atoms with Gasteiger partial charge in [0.2, 0.25) is 11.8 Å². The molecular formula is C14H14N2O4. The van der Waals surface area contributed by atoms with Gasteiger partial charge in [0.1, 0.15) is 0 Å². The Balaban J connectivity index is 1.92. The van der Waals surface area contributed by atoms with Crippen LogP contribution in [0.1, 0.15) is 22.3 Å². The van der Waals surface area contributed by atoms with Crippen LogP contribution in [-0.2, 0) is 20.9 Å². The molecule has 0 bridgehead atoms. The van der Waals surface area contributed by atoms with Crippen molar-refractivity contribution >= 4 is 23.5 Å². The molecule has 1 saturated heterocycles. The molecule has 0 spiro atoms. The molecule has 2 fully saturated rings. The maximum Gasteiger partial charge on any atom is 0.340 e. The van der Waals surface area contributed by atoms with Crippen LogP contribution in [0.5, 0.6) is 0 Å². The molecule has 1 aliphatic carbocycles. The van der Waals surface area contributed by atoms with Crippen LogP contribution in [0, 0.1) is 11.8 Å². The fourth-order valence-electron chi connectivity index (χ4n) is 2.68. The molecule has 2 amide bonds. The third-order valence-electron chi connectivity index (χ3n) is 3.86. The topological polar surface area (TPSA) is 89.7 Å². The number of amides is 2. The summed E-state index contributed by atoms with van der Waals surface area (Å²) in [5.74, 6) is -1.17. The molecule has 6 nitrogen and oxygen atoms in total. The van der Waals surface area contributed by atoms with Gasteiger partial charge in [-0.15, -0.1) is 0 Å². The Hall–Kier alpha value is -2.37. The number of hydrogen-bond acceptors (Lipinski definition) is 5. The van der Waals surface area contributed by atoms with Crippen LogP contribution >= 0.6 is 0 Å². The Bertz CT molecular complexity index is 606. The number of carbonyl (C=O) groups is 3. The number of likely N-dealkylation sites (tertiary alicyclic amines) is 1. The molecule has 3 rings (SSSR count). The highest BCUT2D eigenvalue weighted by Gasteiger charge is 2.58. The van der Waals surface area contributed by atoms with Crippen LogP contribution in [0.3, 0.4) is 0 Å². The molecule has 1 aromatic rings. The lowest BCUT2D eigenvalue weighted by molar-refractivity contribution is -0.142. The second-order valence-electron chi connectivity index (χ2n) is 5.08. The number of imide groups is 1. The average Bonchev–Trinajstić information content (AvgIpc) is 3.18. The first-order chi connectivity index (χ1) is 9.54. The van der Waals surface area contributed by atoms with E-state index < -0.39 is 5.97 Å². The standard InChI is InChI=1S/C14H14N2O4/c1-20-14(19)11-7(3-2-4-10(11)15)6-16-12(17)8-5-9(8)13(16)18/h2-4,8-9H,5-6,15H2,1H3. The first-order valence-corrected chi connectivity index (χ1v) is 6.35. The van der Waals surface area contributed by atoms with Crippen LogP contribution in [0.25, 0.3) is 0 Å². The largest absolute Gasteiger partial charge is 0.465 e. The highest BCUT2D eigenvalue weighted by atomic mass is 16.5. The third kappa shape index (κ3) is 1.76. The van der Waals surface area contributed by atoms with E-state index in [1.165, 1.54) is 12.0 Å².